The highest BCUT2D eigenvalue weighted by Crippen LogP contribution is 2.41. The third kappa shape index (κ3) is 4.25. The second-order valence-corrected chi connectivity index (χ2v) is 8.69. The summed E-state index contributed by atoms with van der Waals surface area (Å²) in [6, 6.07) is 0.0291. The first-order chi connectivity index (χ1) is 15.0. The molecule has 0 N–H and O–H groups in total. The Morgan fingerprint density at radius 1 is 1.10 bits per heavy atom. The number of dihydropyridines is 2. The summed E-state index contributed by atoms with van der Waals surface area (Å²) in [5.74, 6) is 0.606. The number of hydrogen-bond acceptors (Lipinski definition) is 2. The second kappa shape index (κ2) is 9.01. The van der Waals surface area contributed by atoms with Crippen LogP contribution in [0.2, 0.25) is 0 Å². The summed E-state index contributed by atoms with van der Waals surface area (Å²) in [6.07, 6.45) is 26.4. The molecule has 2 aliphatic carbocycles. The third-order valence-corrected chi connectivity index (χ3v) is 6.16. The van der Waals surface area contributed by atoms with E-state index in [4.69, 9.17) is 9.98 Å². The minimum absolute atomic E-state index is 0.00832. The van der Waals surface area contributed by atoms with E-state index in [0.717, 1.165) is 24.3 Å². The molecule has 2 nitrogen and oxygen atoms in total. The molecule has 0 aromatic rings. The normalized spacial score (nSPS) is 27.8. The molecule has 0 saturated carbocycles. The zero-order valence-corrected chi connectivity index (χ0v) is 19.1. The van der Waals surface area contributed by atoms with Crippen LogP contribution in [0.15, 0.2) is 117 Å². The van der Waals surface area contributed by atoms with Gasteiger partial charge in [0.1, 0.15) is 12.1 Å². The molecule has 0 spiro atoms. The number of aliphatic imine (C=N–C) groups is 2. The monoisotopic (exact) mass is 408 g/mol. The zero-order chi connectivity index (χ0) is 22.0. The average Bonchev–Trinajstić information content (AvgIpc) is 2.76. The summed E-state index contributed by atoms with van der Waals surface area (Å²) >= 11 is 0. The Morgan fingerprint density at radius 3 is 2.48 bits per heavy atom. The standard InChI is InChI=1S/C29H32N2/c1-6-8-10-22(9-7-2)26-17-20(4)30-28-24(26)15-16-25-27(18-21(5)31-29(25)28)23-13-11-19(3)12-14-23/h7-11,13-19,28-29H,2,6,12H2,1,3-5H3/b10-8-,22-9+. The van der Waals surface area contributed by atoms with E-state index in [1.807, 2.05) is 6.08 Å². The van der Waals surface area contributed by atoms with Crippen LogP contribution in [0.1, 0.15) is 40.5 Å². The average molecular weight is 409 g/mol. The molecule has 158 valence electrons. The van der Waals surface area contributed by atoms with Crippen molar-refractivity contribution < 1.29 is 0 Å². The Morgan fingerprint density at radius 2 is 1.81 bits per heavy atom. The Balaban J connectivity index is 1.79. The lowest BCUT2D eigenvalue weighted by atomic mass is 9.75. The van der Waals surface area contributed by atoms with Gasteiger partial charge in [-0.15, -0.1) is 0 Å². The van der Waals surface area contributed by atoms with Gasteiger partial charge >= 0.3 is 0 Å². The van der Waals surface area contributed by atoms with Gasteiger partial charge in [0.15, 0.2) is 0 Å². The van der Waals surface area contributed by atoms with Crippen molar-refractivity contribution in [3.05, 3.63) is 107 Å². The number of allylic oxidation sites excluding steroid dienone is 13. The van der Waals surface area contributed by atoms with Crippen molar-refractivity contribution in [3.63, 3.8) is 0 Å². The van der Waals surface area contributed by atoms with Crippen molar-refractivity contribution in [3.8, 4) is 0 Å². The van der Waals surface area contributed by atoms with Gasteiger partial charge in [-0.05, 0) is 78.2 Å². The lowest BCUT2D eigenvalue weighted by molar-refractivity contribution is 0.644. The largest absolute Gasteiger partial charge is 0.279 e. The predicted octanol–water partition coefficient (Wildman–Crippen LogP) is 6.99. The van der Waals surface area contributed by atoms with E-state index in [0.29, 0.717) is 5.92 Å². The molecule has 2 aliphatic heterocycles. The first kappa shape index (κ1) is 21.2. The van der Waals surface area contributed by atoms with Gasteiger partial charge in [0.2, 0.25) is 0 Å². The molecule has 3 unspecified atom stereocenters. The molecule has 3 atom stereocenters. The van der Waals surface area contributed by atoms with Gasteiger partial charge in [0, 0.05) is 11.4 Å². The van der Waals surface area contributed by atoms with Crippen molar-refractivity contribution in [2.75, 3.05) is 0 Å². The minimum atomic E-state index is 0.00832. The highest BCUT2D eigenvalue weighted by Gasteiger charge is 2.37. The van der Waals surface area contributed by atoms with Crippen molar-refractivity contribution >= 4 is 11.4 Å². The summed E-state index contributed by atoms with van der Waals surface area (Å²) < 4.78 is 0. The van der Waals surface area contributed by atoms with Gasteiger partial charge in [-0.2, -0.15) is 0 Å². The van der Waals surface area contributed by atoms with Crippen molar-refractivity contribution in [2.45, 2.75) is 52.6 Å². The maximum absolute atomic E-state index is 5.07. The Hall–Kier alpha value is -3.00. The molecule has 0 aromatic heterocycles. The van der Waals surface area contributed by atoms with Crippen LogP contribution in [0, 0.1) is 5.92 Å². The van der Waals surface area contributed by atoms with E-state index in [9.17, 15) is 0 Å². The highest BCUT2D eigenvalue weighted by atomic mass is 14.9. The quantitative estimate of drug-likeness (QED) is 0.438. The molecule has 4 aliphatic rings. The van der Waals surface area contributed by atoms with Crippen LogP contribution >= 0.6 is 0 Å². The molecule has 0 bridgehead atoms. The summed E-state index contributed by atoms with van der Waals surface area (Å²) in [4.78, 5) is 10.1. The van der Waals surface area contributed by atoms with Gasteiger partial charge in [-0.1, -0.05) is 75.1 Å². The van der Waals surface area contributed by atoms with Crippen molar-refractivity contribution in [2.24, 2.45) is 15.9 Å². The van der Waals surface area contributed by atoms with E-state index in [2.05, 4.69) is 95.0 Å². The molecular weight excluding hydrogens is 376 g/mol. The van der Waals surface area contributed by atoms with E-state index in [1.54, 1.807) is 0 Å². The minimum Gasteiger partial charge on any atom is -0.279 e. The maximum Gasteiger partial charge on any atom is 0.102 e. The fraction of sp³-hybridized carbons (Fsp3) is 0.310. The van der Waals surface area contributed by atoms with E-state index in [-0.39, 0.29) is 12.1 Å². The van der Waals surface area contributed by atoms with Crippen LogP contribution < -0.4 is 0 Å². The molecule has 0 fully saturated rings. The summed E-state index contributed by atoms with van der Waals surface area (Å²) in [6.45, 7) is 12.5. The topological polar surface area (TPSA) is 24.7 Å². The fourth-order valence-corrected chi connectivity index (χ4v) is 4.63. The van der Waals surface area contributed by atoms with Crippen LogP contribution in [0.3, 0.4) is 0 Å². The van der Waals surface area contributed by atoms with Gasteiger partial charge in [0.05, 0.1) is 0 Å². The second-order valence-electron chi connectivity index (χ2n) is 8.69. The molecule has 2 heteroatoms. The zero-order valence-electron chi connectivity index (χ0n) is 19.1. The lowest BCUT2D eigenvalue weighted by Gasteiger charge is -2.36. The van der Waals surface area contributed by atoms with Crippen molar-refractivity contribution in [1.82, 2.24) is 0 Å². The van der Waals surface area contributed by atoms with Crippen LogP contribution in [0.4, 0.5) is 0 Å². The number of fused-ring (bicyclic) bond motifs is 3. The maximum atomic E-state index is 5.07. The first-order valence-electron chi connectivity index (χ1n) is 11.3. The molecular formula is C29H32N2. The smallest absolute Gasteiger partial charge is 0.102 e. The molecule has 0 radical (unpaired) electrons. The van der Waals surface area contributed by atoms with E-state index in [1.165, 1.54) is 33.4 Å². The molecule has 31 heavy (non-hydrogen) atoms. The lowest BCUT2D eigenvalue weighted by Crippen LogP contribution is -2.36. The Labute approximate surface area is 187 Å². The molecule has 2 heterocycles. The first-order valence-corrected chi connectivity index (χ1v) is 11.3. The molecule has 0 saturated heterocycles. The fourth-order valence-electron chi connectivity index (χ4n) is 4.63. The number of rotatable bonds is 5. The highest BCUT2D eigenvalue weighted by molar-refractivity contribution is 5.99. The molecule has 0 amide bonds. The summed E-state index contributed by atoms with van der Waals surface area (Å²) in [5.41, 5.74) is 9.66. The van der Waals surface area contributed by atoms with Crippen LogP contribution in [0.25, 0.3) is 0 Å². The SMILES string of the molecule is C=C/C=C(\C=C/CC)C1=CC(C)=NC2C1=CC=C1C(C3=CCC(C)C=C3)=CC(C)=NC12. The third-order valence-electron chi connectivity index (χ3n) is 6.16. The van der Waals surface area contributed by atoms with Gasteiger partial charge in [0.25, 0.3) is 0 Å². The van der Waals surface area contributed by atoms with Gasteiger partial charge < -0.3 is 0 Å². The van der Waals surface area contributed by atoms with E-state index < -0.39 is 0 Å². The summed E-state index contributed by atoms with van der Waals surface area (Å²) in [7, 11) is 0. The van der Waals surface area contributed by atoms with Gasteiger partial charge in [-0.3, -0.25) is 9.98 Å². The Bertz CT molecular complexity index is 1090. The van der Waals surface area contributed by atoms with Crippen molar-refractivity contribution in [1.29, 1.82) is 0 Å². The number of hydrogen-bond donors (Lipinski definition) is 0. The Kier molecular flexibility index (Phi) is 6.18. The van der Waals surface area contributed by atoms with E-state index >= 15 is 0 Å². The van der Waals surface area contributed by atoms with Crippen LogP contribution in [0.5, 0.6) is 0 Å². The van der Waals surface area contributed by atoms with Gasteiger partial charge in [-0.25, -0.2) is 0 Å². The van der Waals surface area contributed by atoms with Crippen LogP contribution in [-0.4, -0.2) is 23.5 Å². The number of nitrogens with zero attached hydrogens (tertiary/aromatic N) is 2. The summed E-state index contributed by atoms with van der Waals surface area (Å²) in [5, 5.41) is 0. The molecule has 0 aromatic carbocycles. The molecule has 4 rings (SSSR count). The predicted molar refractivity (Wildman–Crippen MR) is 135 cm³/mol. The van der Waals surface area contributed by atoms with Crippen LogP contribution in [-0.2, 0) is 0 Å².